The summed E-state index contributed by atoms with van der Waals surface area (Å²) in [7, 11) is 1.84. The number of hydrogen-bond donors (Lipinski definition) is 1. The second kappa shape index (κ2) is 10.5. The number of amides is 1. The van der Waals surface area contributed by atoms with Gasteiger partial charge in [-0.3, -0.25) is 9.78 Å². The number of imidazole rings is 1. The van der Waals surface area contributed by atoms with Crippen molar-refractivity contribution in [3.8, 4) is 11.1 Å². The van der Waals surface area contributed by atoms with Crippen molar-refractivity contribution in [2.75, 3.05) is 13.5 Å². The molecular weight excluding hydrogens is 530 g/mol. The maximum Gasteiger partial charge on any atom is 0.278 e. The van der Waals surface area contributed by atoms with Crippen LogP contribution in [0.25, 0.3) is 11.1 Å². The number of benzene rings is 2. The van der Waals surface area contributed by atoms with Crippen molar-refractivity contribution < 1.29 is 19.1 Å². The Labute approximate surface area is 229 Å². The molecule has 0 radical (unpaired) electrons. The summed E-state index contributed by atoms with van der Waals surface area (Å²) in [5, 5.41) is 13.0. The molecule has 0 bridgehead atoms. The topological polar surface area (TPSA) is 80.5 Å². The molecule has 2 atom stereocenters. The van der Waals surface area contributed by atoms with Crippen LogP contribution in [-0.4, -0.2) is 44.1 Å². The van der Waals surface area contributed by atoms with E-state index < -0.39 is 30.8 Å². The minimum absolute atomic E-state index is 0.0916. The molecule has 1 unspecified atom stereocenters. The van der Waals surface area contributed by atoms with Gasteiger partial charge in [0, 0.05) is 47.7 Å². The van der Waals surface area contributed by atoms with Crippen molar-refractivity contribution >= 4 is 29.1 Å². The highest BCUT2D eigenvalue weighted by Gasteiger charge is 2.58. The fourth-order valence-corrected chi connectivity index (χ4v) is 5.55. The highest BCUT2D eigenvalue weighted by Crippen LogP contribution is 2.53. The van der Waals surface area contributed by atoms with E-state index in [1.54, 1.807) is 42.6 Å². The number of alkyl halides is 1. The number of pyridine rings is 1. The van der Waals surface area contributed by atoms with E-state index in [4.69, 9.17) is 33.0 Å². The third-order valence-electron chi connectivity index (χ3n) is 7.09. The Morgan fingerprint density at radius 1 is 1.08 bits per heavy atom. The van der Waals surface area contributed by atoms with Gasteiger partial charge in [-0.2, -0.15) is 0 Å². The third kappa shape index (κ3) is 4.37. The van der Waals surface area contributed by atoms with E-state index in [2.05, 4.69) is 4.98 Å². The third-order valence-corrected chi connectivity index (χ3v) is 7.57. The van der Waals surface area contributed by atoms with Gasteiger partial charge in [-0.05, 0) is 48.4 Å². The average molecular weight is 555 g/mol. The van der Waals surface area contributed by atoms with E-state index in [1.165, 1.54) is 6.20 Å². The predicted molar refractivity (Wildman–Crippen MR) is 143 cm³/mol. The summed E-state index contributed by atoms with van der Waals surface area (Å²) in [6, 6.07) is 16.0. The molecule has 38 heavy (non-hydrogen) atoms. The van der Waals surface area contributed by atoms with Crippen LogP contribution in [0.5, 0.6) is 0 Å². The highest BCUT2D eigenvalue weighted by atomic mass is 35.5. The van der Waals surface area contributed by atoms with Crippen LogP contribution in [0.1, 0.15) is 39.1 Å². The smallest absolute Gasteiger partial charge is 0.278 e. The molecule has 2 aromatic heterocycles. The first-order valence-corrected chi connectivity index (χ1v) is 12.7. The summed E-state index contributed by atoms with van der Waals surface area (Å²) in [4.78, 5) is 28.5. The highest BCUT2D eigenvalue weighted by molar-refractivity contribution is 6.30. The fraction of sp³-hybridized carbons (Fsp3) is 0.250. The van der Waals surface area contributed by atoms with E-state index in [9.17, 15) is 14.3 Å². The Hall–Kier alpha value is -3.30. The second-order valence-electron chi connectivity index (χ2n) is 9.20. The number of hydrogen-bond acceptors (Lipinski definition) is 5. The van der Waals surface area contributed by atoms with E-state index in [0.717, 1.165) is 16.2 Å². The maximum absolute atomic E-state index is 13.9. The number of nitrogens with zero attached hydrogens (tertiary/aromatic N) is 4. The molecule has 1 N–H and O–H groups in total. The van der Waals surface area contributed by atoms with Gasteiger partial charge in [0.25, 0.3) is 5.91 Å². The second-order valence-corrected chi connectivity index (χ2v) is 10.1. The van der Waals surface area contributed by atoms with Crippen LogP contribution >= 0.6 is 23.2 Å². The summed E-state index contributed by atoms with van der Waals surface area (Å²) >= 11 is 12.3. The zero-order valence-corrected chi connectivity index (χ0v) is 22.2. The van der Waals surface area contributed by atoms with Crippen LogP contribution in [0.2, 0.25) is 10.0 Å². The van der Waals surface area contributed by atoms with E-state index in [0.29, 0.717) is 38.4 Å². The summed E-state index contributed by atoms with van der Waals surface area (Å²) in [6.07, 6.45) is 3.40. The monoisotopic (exact) mass is 554 g/mol. The molecule has 0 saturated carbocycles. The summed E-state index contributed by atoms with van der Waals surface area (Å²) < 4.78 is 15.8. The molecule has 10 heteroatoms. The number of halogens is 3. The van der Waals surface area contributed by atoms with Gasteiger partial charge in [-0.1, -0.05) is 47.5 Å². The number of fused-ring (bicyclic) bond motifs is 1. The summed E-state index contributed by atoms with van der Waals surface area (Å²) in [6.45, 7) is 0.192. The molecular formula is C28H25Cl2FN4O3. The van der Waals surface area contributed by atoms with Gasteiger partial charge >= 0.3 is 0 Å². The molecule has 0 fully saturated rings. The average Bonchev–Trinajstić information content (AvgIpc) is 3.36. The molecule has 7 nitrogen and oxygen atoms in total. The number of carbonyl (C=O) groups is 1. The molecule has 0 saturated heterocycles. The minimum Gasteiger partial charge on any atom is -0.396 e. The first-order valence-electron chi connectivity index (χ1n) is 11.9. The Kier molecular flexibility index (Phi) is 7.24. The fourth-order valence-electron chi connectivity index (χ4n) is 5.31. The van der Waals surface area contributed by atoms with Gasteiger partial charge in [-0.15, -0.1) is 0 Å². The van der Waals surface area contributed by atoms with E-state index in [1.807, 2.05) is 36.7 Å². The first kappa shape index (κ1) is 26.3. The molecule has 4 aromatic rings. The van der Waals surface area contributed by atoms with Crippen LogP contribution in [0.3, 0.4) is 0 Å². The SMILES string of the molecule is Cc1nc(C(CO)[C@]2(Cc3ccc(Cl)cn3)c3c(cccc3-c3ccc(Cl)cc3)C(=O)N2OCF)cn1C. The first-order chi connectivity index (χ1) is 18.3. The van der Waals surface area contributed by atoms with Crippen LogP contribution in [-0.2, 0) is 23.8 Å². The van der Waals surface area contributed by atoms with Gasteiger partial charge in [0.15, 0.2) is 0 Å². The van der Waals surface area contributed by atoms with Gasteiger partial charge < -0.3 is 9.67 Å². The zero-order chi connectivity index (χ0) is 27.0. The van der Waals surface area contributed by atoms with Crippen LogP contribution in [0.4, 0.5) is 4.39 Å². The van der Waals surface area contributed by atoms with Crippen molar-refractivity contribution in [2.24, 2.45) is 7.05 Å². The van der Waals surface area contributed by atoms with Crippen molar-refractivity contribution in [2.45, 2.75) is 24.8 Å². The van der Waals surface area contributed by atoms with Crippen molar-refractivity contribution in [3.05, 3.63) is 105 Å². The zero-order valence-electron chi connectivity index (χ0n) is 20.7. The van der Waals surface area contributed by atoms with Crippen molar-refractivity contribution in [1.29, 1.82) is 0 Å². The molecule has 5 rings (SSSR count). The summed E-state index contributed by atoms with van der Waals surface area (Å²) in [5.74, 6) is -0.606. The number of aryl methyl sites for hydroxylation is 2. The molecule has 2 aromatic carbocycles. The largest absolute Gasteiger partial charge is 0.396 e. The van der Waals surface area contributed by atoms with Crippen molar-refractivity contribution in [1.82, 2.24) is 19.6 Å². The lowest BCUT2D eigenvalue weighted by Gasteiger charge is -2.43. The standard InChI is InChI=1S/C28H25Cl2FN4O3/c1-17-33-25(14-34(17)2)24(15-36)28(12-21-11-10-20(30)13-32-21)26-22(18-6-8-19(29)9-7-18)4-3-5-23(26)27(37)35(28)38-16-31/h3-11,13-14,24,36H,12,15-16H2,1-2H3/t24?,28-/m1/s1. The molecule has 1 amide bonds. The summed E-state index contributed by atoms with van der Waals surface area (Å²) in [5.41, 5.74) is 2.12. The van der Waals surface area contributed by atoms with Gasteiger partial charge in [0.2, 0.25) is 6.86 Å². The molecule has 1 aliphatic heterocycles. The number of hydroxylamine groups is 2. The Morgan fingerprint density at radius 3 is 2.39 bits per heavy atom. The Bertz CT molecular complexity index is 1460. The molecule has 3 heterocycles. The van der Waals surface area contributed by atoms with Crippen LogP contribution < -0.4 is 0 Å². The maximum atomic E-state index is 13.9. The molecule has 0 spiro atoms. The number of aliphatic hydroxyl groups excluding tert-OH is 1. The lowest BCUT2D eigenvalue weighted by atomic mass is 9.71. The Morgan fingerprint density at radius 2 is 1.79 bits per heavy atom. The molecule has 196 valence electrons. The van der Waals surface area contributed by atoms with Crippen LogP contribution in [0.15, 0.2) is 67.0 Å². The number of rotatable bonds is 8. The van der Waals surface area contributed by atoms with E-state index in [-0.39, 0.29) is 6.42 Å². The lowest BCUT2D eigenvalue weighted by molar-refractivity contribution is -0.215. The quantitative estimate of drug-likeness (QED) is 0.305. The van der Waals surface area contributed by atoms with Crippen LogP contribution in [0, 0.1) is 6.92 Å². The predicted octanol–water partition coefficient (Wildman–Crippen LogP) is 5.63. The van der Waals surface area contributed by atoms with Gasteiger partial charge in [0.1, 0.15) is 11.4 Å². The normalized spacial score (nSPS) is 17.6. The number of carbonyl (C=O) groups excluding carboxylic acids is 1. The van der Waals surface area contributed by atoms with E-state index >= 15 is 0 Å². The minimum atomic E-state index is -1.41. The lowest BCUT2D eigenvalue weighted by Crippen LogP contribution is -2.51. The number of aliphatic hydroxyl groups is 1. The molecule has 0 aliphatic carbocycles. The Balaban J connectivity index is 1.85. The molecule has 1 aliphatic rings. The van der Waals surface area contributed by atoms with Crippen molar-refractivity contribution in [3.63, 3.8) is 0 Å². The van der Waals surface area contributed by atoms with Gasteiger partial charge in [0.05, 0.1) is 23.2 Å². The van der Waals surface area contributed by atoms with Gasteiger partial charge in [-0.25, -0.2) is 19.3 Å². The number of aromatic nitrogens is 3.